The average Bonchev–Trinajstić information content (AvgIpc) is 3.34. The minimum absolute atomic E-state index is 0.0726. The maximum Gasteiger partial charge on any atom is 0.331 e. The van der Waals surface area contributed by atoms with Crippen LogP contribution in [-0.4, -0.2) is 131 Å². The Morgan fingerprint density at radius 3 is 1.17 bits per heavy atom. The number of fused-ring (bicyclic) bond motifs is 2. The normalized spacial score (nSPS) is 19.8. The molecule has 14 heteroatoms. The first-order valence-electron chi connectivity index (χ1n) is 22.5. The van der Waals surface area contributed by atoms with E-state index in [0.717, 1.165) is 84.1 Å². The lowest BCUT2D eigenvalue weighted by molar-refractivity contribution is -0.941. The molecule has 0 spiro atoms. The number of methoxy groups -OCH3 is 8. The zero-order chi connectivity index (χ0) is 47.4. The van der Waals surface area contributed by atoms with Gasteiger partial charge < -0.3 is 56.3 Å². The molecule has 0 radical (unpaired) electrons. The van der Waals surface area contributed by atoms with Crippen LogP contribution >= 0.6 is 0 Å². The Kier molecular flexibility index (Phi) is 16.7. The molecule has 0 saturated heterocycles. The lowest BCUT2D eigenvalue weighted by Crippen LogP contribution is -2.52. The summed E-state index contributed by atoms with van der Waals surface area (Å²) in [6.07, 6.45) is 6.73. The van der Waals surface area contributed by atoms with Crippen molar-refractivity contribution in [3.05, 3.63) is 106 Å². The fourth-order valence-corrected chi connectivity index (χ4v) is 9.75. The average molecular weight is 913 g/mol. The van der Waals surface area contributed by atoms with Crippen molar-refractivity contribution in [2.75, 3.05) is 110 Å². The number of hydrogen-bond acceptors (Lipinski definition) is 12. The second-order valence-corrected chi connectivity index (χ2v) is 17.4. The van der Waals surface area contributed by atoms with Crippen molar-refractivity contribution in [1.82, 2.24) is 0 Å². The number of rotatable bonds is 22. The lowest BCUT2D eigenvalue weighted by atomic mass is 9.86. The zero-order valence-electron chi connectivity index (χ0n) is 40.4. The fourth-order valence-electron chi connectivity index (χ4n) is 9.75. The van der Waals surface area contributed by atoms with Gasteiger partial charge >= 0.3 is 11.9 Å². The number of ether oxygens (including phenoxy) is 10. The Morgan fingerprint density at radius 1 is 0.485 bits per heavy atom. The summed E-state index contributed by atoms with van der Waals surface area (Å²) in [4.78, 5) is 25.6. The number of hydrogen-bond donors (Lipinski definition) is 0. The lowest BCUT2D eigenvalue weighted by Gasteiger charge is -2.46. The SMILES string of the molecule is COc1ccc(C[C@H]2c3cc(OC)c(OC)cc3CC[N@@+]2(C)CCCOC(=O)C=CC(=O)OCCC[N@+]2(C)CCc3cc(OC)c(OC)cc3[C@@H]2Cc2ccc(OC)c(OC)c2)cc1OC. The first-order chi connectivity index (χ1) is 31.9. The highest BCUT2D eigenvalue weighted by molar-refractivity contribution is 5.91. The molecule has 4 aromatic carbocycles. The highest BCUT2D eigenvalue weighted by Crippen LogP contribution is 2.45. The highest BCUT2D eigenvalue weighted by Gasteiger charge is 2.41. The Balaban J connectivity index is 1.04. The molecule has 66 heavy (non-hydrogen) atoms. The van der Waals surface area contributed by atoms with Crippen molar-refractivity contribution in [2.45, 2.75) is 50.6 Å². The molecule has 6 rings (SSSR count). The van der Waals surface area contributed by atoms with Crippen molar-refractivity contribution >= 4 is 11.9 Å². The number of nitrogens with zero attached hydrogens (tertiary/aromatic N) is 2. The van der Waals surface area contributed by atoms with Crippen molar-refractivity contribution in [2.24, 2.45) is 0 Å². The van der Waals surface area contributed by atoms with Crippen LogP contribution in [0, 0.1) is 0 Å². The smallest absolute Gasteiger partial charge is 0.331 e. The topological polar surface area (TPSA) is 126 Å². The summed E-state index contributed by atoms with van der Waals surface area (Å²) in [5.74, 6) is 4.31. The molecule has 0 amide bonds. The molecule has 0 unspecified atom stereocenters. The maximum absolute atomic E-state index is 12.8. The van der Waals surface area contributed by atoms with E-state index in [1.807, 2.05) is 24.3 Å². The van der Waals surface area contributed by atoms with Crippen LogP contribution in [0.15, 0.2) is 72.8 Å². The first-order valence-corrected chi connectivity index (χ1v) is 22.5. The molecular formula is C52H68N2O12+2. The van der Waals surface area contributed by atoms with Crippen LogP contribution in [0.2, 0.25) is 0 Å². The van der Waals surface area contributed by atoms with E-state index in [4.69, 9.17) is 47.4 Å². The predicted octanol–water partition coefficient (Wildman–Crippen LogP) is 7.45. The second-order valence-electron chi connectivity index (χ2n) is 17.4. The molecule has 0 fully saturated rings. The van der Waals surface area contributed by atoms with Crippen LogP contribution in [0.25, 0.3) is 0 Å². The van der Waals surface area contributed by atoms with Gasteiger partial charge in [-0.15, -0.1) is 0 Å². The van der Waals surface area contributed by atoms with Gasteiger partial charge in [0.25, 0.3) is 0 Å². The molecule has 14 nitrogen and oxygen atoms in total. The molecule has 4 atom stereocenters. The van der Waals surface area contributed by atoms with Gasteiger partial charge in [0.1, 0.15) is 12.1 Å². The molecule has 0 aromatic heterocycles. The first kappa shape index (κ1) is 49.3. The number of likely N-dealkylation sites (N-methyl/N-ethyl adjacent to an activating group) is 2. The van der Waals surface area contributed by atoms with E-state index >= 15 is 0 Å². The van der Waals surface area contributed by atoms with E-state index in [9.17, 15) is 9.59 Å². The highest BCUT2D eigenvalue weighted by atomic mass is 16.5. The van der Waals surface area contributed by atoms with Gasteiger partial charge in [-0.25, -0.2) is 9.59 Å². The number of benzene rings is 4. The van der Waals surface area contributed by atoms with E-state index in [2.05, 4.69) is 50.5 Å². The van der Waals surface area contributed by atoms with E-state index in [1.165, 1.54) is 22.3 Å². The van der Waals surface area contributed by atoms with Gasteiger partial charge in [-0.1, -0.05) is 12.1 Å². The summed E-state index contributed by atoms with van der Waals surface area (Å²) >= 11 is 0. The largest absolute Gasteiger partial charge is 0.493 e. The van der Waals surface area contributed by atoms with Crippen LogP contribution in [0.1, 0.15) is 58.3 Å². The van der Waals surface area contributed by atoms with Crippen molar-refractivity contribution < 1.29 is 65.9 Å². The van der Waals surface area contributed by atoms with Crippen LogP contribution in [0.3, 0.4) is 0 Å². The number of esters is 2. The Labute approximate surface area is 390 Å². The summed E-state index contributed by atoms with van der Waals surface area (Å²) < 4.78 is 57.7. The maximum atomic E-state index is 12.8. The predicted molar refractivity (Wildman–Crippen MR) is 251 cm³/mol. The minimum Gasteiger partial charge on any atom is -0.493 e. The number of carbonyl (C=O) groups is 2. The molecule has 2 aliphatic heterocycles. The summed E-state index contributed by atoms with van der Waals surface area (Å²) in [6, 6.07) is 20.6. The van der Waals surface area contributed by atoms with E-state index in [-0.39, 0.29) is 25.3 Å². The molecule has 4 aromatic rings. The fraction of sp³-hybridized carbons (Fsp3) is 0.462. The molecular weight excluding hydrogens is 845 g/mol. The molecule has 2 aliphatic rings. The van der Waals surface area contributed by atoms with Crippen molar-refractivity contribution in [3.8, 4) is 46.0 Å². The molecule has 0 saturated carbocycles. The quantitative estimate of drug-likeness (QED) is 0.0337. The van der Waals surface area contributed by atoms with E-state index < -0.39 is 11.9 Å². The minimum atomic E-state index is -0.590. The third kappa shape index (κ3) is 11.3. The molecule has 0 N–H and O–H groups in total. The van der Waals surface area contributed by atoms with Crippen molar-refractivity contribution in [1.29, 1.82) is 0 Å². The van der Waals surface area contributed by atoms with Crippen molar-refractivity contribution in [3.63, 3.8) is 0 Å². The molecule has 356 valence electrons. The van der Waals surface area contributed by atoms with Crippen LogP contribution in [0.4, 0.5) is 0 Å². The Bertz CT molecular complexity index is 2190. The second kappa shape index (κ2) is 22.4. The van der Waals surface area contributed by atoms with Gasteiger partial charge in [0.2, 0.25) is 0 Å². The van der Waals surface area contributed by atoms with Gasteiger partial charge in [0.05, 0.1) is 110 Å². The summed E-state index contributed by atoms with van der Waals surface area (Å²) in [5.41, 5.74) is 7.06. The molecule has 2 heterocycles. The van der Waals surface area contributed by atoms with E-state index in [0.29, 0.717) is 58.8 Å². The van der Waals surface area contributed by atoms with Crippen LogP contribution in [0.5, 0.6) is 46.0 Å². The summed E-state index contributed by atoms with van der Waals surface area (Å²) in [6.45, 7) is 3.69. The zero-order valence-corrected chi connectivity index (χ0v) is 40.4. The van der Waals surface area contributed by atoms with Gasteiger partial charge in [-0.05, 0) is 70.8 Å². The van der Waals surface area contributed by atoms with Crippen LogP contribution < -0.4 is 37.9 Å². The van der Waals surface area contributed by atoms with Crippen LogP contribution in [-0.2, 0) is 44.7 Å². The van der Waals surface area contributed by atoms with Gasteiger partial charge in [0, 0.05) is 61.8 Å². The third-order valence-corrected chi connectivity index (χ3v) is 13.5. The van der Waals surface area contributed by atoms with Gasteiger partial charge in [0.15, 0.2) is 46.0 Å². The molecule has 0 bridgehead atoms. The van der Waals surface area contributed by atoms with Gasteiger partial charge in [-0.2, -0.15) is 0 Å². The summed E-state index contributed by atoms with van der Waals surface area (Å²) in [7, 11) is 17.7. The molecule has 0 aliphatic carbocycles. The Morgan fingerprint density at radius 2 is 0.818 bits per heavy atom. The van der Waals surface area contributed by atoms with Gasteiger partial charge in [-0.3, -0.25) is 0 Å². The standard InChI is InChI=1S/C52H68N2O12/c1-53(23-19-37-31-47(61-7)49(63-9)33-39(37)41(53)27-35-13-15-43(57-3)45(29-35)59-5)21-11-25-65-51(55)17-18-52(56)66-26-12-22-54(2)24-20-38-32-48(62-8)50(64-10)34-40(38)42(54)28-36-14-16-44(58-4)46(30-36)60-6/h13-18,29-34,41-42H,11-12,19-28H2,1-10H3/q+2/t41-,42-,53+,54+/m0/s1. The third-order valence-electron chi connectivity index (χ3n) is 13.5. The van der Waals surface area contributed by atoms with E-state index in [1.54, 1.807) is 56.9 Å². The summed E-state index contributed by atoms with van der Waals surface area (Å²) in [5, 5.41) is 0. The monoisotopic (exact) mass is 912 g/mol. The Hall–Kier alpha value is -6.12. The number of carbonyl (C=O) groups excluding carboxylic acids is 2. The number of quaternary nitrogens is 2.